The molecule has 2 nitrogen and oxygen atoms in total. The topological polar surface area (TPSA) is 25.2 Å². The Hall–Kier alpha value is -0.910. The highest BCUT2D eigenvalue weighted by Gasteiger charge is 2.13. The number of hydrogen-bond donors (Lipinski definition) is 1. The molecule has 1 heterocycles. The second-order valence-corrected chi connectivity index (χ2v) is 2.74. The standard InChI is InChI=1S/C9H10ClNO/c1-3-4-8(11-2)7-5-6-12-9(7)10/h1,5-6,8,11H,4H2,2H3. The lowest BCUT2D eigenvalue weighted by atomic mass is 10.1. The molecule has 0 fully saturated rings. The smallest absolute Gasteiger partial charge is 0.197 e. The van der Waals surface area contributed by atoms with Gasteiger partial charge < -0.3 is 9.73 Å². The van der Waals surface area contributed by atoms with Crippen LogP contribution in [0.3, 0.4) is 0 Å². The number of terminal acetylenes is 1. The average molecular weight is 184 g/mol. The number of furan rings is 1. The summed E-state index contributed by atoms with van der Waals surface area (Å²) in [6.45, 7) is 0. The molecule has 0 bridgehead atoms. The molecule has 0 saturated heterocycles. The molecular weight excluding hydrogens is 174 g/mol. The lowest BCUT2D eigenvalue weighted by molar-refractivity contribution is 0.549. The van der Waals surface area contributed by atoms with Gasteiger partial charge in [-0.2, -0.15) is 0 Å². The maximum absolute atomic E-state index is 5.77. The highest BCUT2D eigenvalue weighted by atomic mass is 35.5. The Morgan fingerprint density at radius 2 is 2.58 bits per heavy atom. The van der Waals surface area contributed by atoms with Gasteiger partial charge in [-0.05, 0) is 24.7 Å². The van der Waals surface area contributed by atoms with Crippen molar-refractivity contribution < 1.29 is 4.42 Å². The molecule has 1 rings (SSSR count). The molecule has 1 aromatic rings. The van der Waals surface area contributed by atoms with Crippen LogP contribution in [0.4, 0.5) is 0 Å². The predicted octanol–water partition coefficient (Wildman–Crippen LogP) is 2.22. The third-order valence-corrected chi connectivity index (χ3v) is 2.00. The van der Waals surface area contributed by atoms with Crippen LogP contribution in [0.5, 0.6) is 0 Å². The molecule has 3 heteroatoms. The summed E-state index contributed by atoms with van der Waals surface area (Å²) in [6, 6.07) is 1.90. The summed E-state index contributed by atoms with van der Waals surface area (Å²) in [5.74, 6) is 2.57. The molecule has 0 aliphatic heterocycles. The van der Waals surface area contributed by atoms with Crippen molar-refractivity contribution in [1.29, 1.82) is 0 Å². The quantitative estimate of drug-likeness (QED) is 0.727. The third-order valence-electron chi connectivity index (χ3n) is 1.69. The molecule has 1 aromatic heterocycles. The van der Waals surface area contributed by atoms with E-state index in [0.29, 0.717) is 11.6 Å². The van der Waals surface area contributed by atoms with E-state index in [1.807, 2.05) is 13.1 Å². The van der Waals surface area contributed by atoms with Crippen LogP contribution in [-0.4, -0.2) is 7.05 Å². The highest BCUT2D eigenvalue weighted by molar-refractivity contribution is 6.29. The van der Waals surface area contributed by atoms with Crippen LogP contribution < -0.4 is 5.32 Å². The Morgan fingerprint density at radius 3 is 3.00 bits per heavy atom. The monoisotopic (exact) mass is 183 g/mol. The van der Waals surface area contributed by atoms with E-state index >= 15 is 0 Å². The Bertz CT molecular complexity index is 287. The molecule has 12 heavy (non-hydrogen) atoms. The Kier molecular flexibility index (Phi) is 3.21. The lowest BCUT2D eigenvalue weighted by Crippen LogP contribution is -2.15. The lowest BCUT2D eigenvalue weighted by Gasteiger charge is -2.10. The zero-order valence-electron chi connectivity index (χ0n) is 6.80. The normalized spacial score (nSPS) is 12.4. The minimum absolute atomic E-state index is 0.0845. The molecule has 0 aromatic carbocycles. The van der Waals surface area contributed by atoms with Gasteiger partial charge in [-0.15, -0.1) is 12.3 Å². The fourth-order valence-corrected chi connectivity index (χ4v) is 1.29. The number of hydrogen-bond acceptors (Lipinski definition) is 2. The molecule has 0 radical (unpaired) electrons. The summed E-state index contributed by atoms with van der Waals surface area (Å²) in [6.07, 6.45) is 7.36. The zero-order valence-corrected chi connectivity index (χ0v) is 7.56. The molecule has 64 valence electrons. The van der Waals surface area contributed by atoms with Crippen molar-refractivity contribution in [3.05, 3.63) is 23.1 Å². The molecular formula is C9H10ClNO. The van der Waals surface area contributed by atoms with Crippen LogP contribution in [0.15, 0.2) is 16.7 Å². The van der Waals surface area contributed by atoms with E-state index in [1.54, 1.807) is 6.26 Å². The van der Waals surface area contributed by atoms with Gasteiger partial charge in [0.1, 0.15) is 0 Å². The summed E-state index contributed by atoms with van der Waals surface area (Å²) in [7, 11) is 1.84. The molecule has 0 aliphatic rings. The zero-order chi connectivity index (χ0) is 8.97. The van der Waals surface area contributed by atoms with Crippen LogP contribution in [0.2, 0.25) is 5.22 Å². The van der Waals surface area contributed by atoms with Crippen molar-refractivity contribution in [2.24, 2.45) is 0 Å². The van der Waals surface area contributed by atoms with Gasteiger partial charge in [0.2, 0.25) is 0 Å². The molecule has 0 spiro atoms. The van der Waals surface area contributed by atoms with Crippen LogP contribution >= 0.6 is 11.6 Å². The van der Waals surface area contributed by atoms with Gasteiger partial charge in [0, 0.05) is 18.0 Å². The maximum atomic E-state index is 5.77. The van der Waals surface area contributed by atoms with E-state index in [0.717, 1.165) is 5.56 Å². The molecule has 0 aliphatic carbocycles. The number of rotatable bonds is 3. The SMILES string of the molecule is C#CCC(NC)c1ccoc1Cl. The first-order valence-electron chi connectivity index (χ1n) is 3.63. The van der Waals surface area contributed by atoms with Crippen molar-refractivity contribution in [1.82, 2.24) is 5.32 Å². The van der Waals surface area contributed by atoms with E-state index in [-0.39, 0.29) is 6.04 Å². The fraction of sp³-hybridized carbons (Fsp3) is 0.333. The number of halogens is 1. The molecule has 1 unspecified atom stereocenters. The van der Waals surface area contributed by atoms with Crippen molar-refractivity contribution in [3.63, 3.8) is 0 Å². The highest BCUT2D eigenvalue weighted by Crippen LogP contribution is 2.25. The summed E-state index contributed by atoms with van der Waals surface area (Å²) in [5, 5.41) is 3.47. The van der Waals surface area contributed by atoms with Crippen molar-refractivity contribution in [2.45, 2.75) is 12.5 Å². The molecule has 1 N–H and O–H groups in total. The van der Waals surface area contributed by atoms with Gasteiger partial charge in [0.25, 0.3) is 0 Å². The van der Waals surface area contributed by atoms with Crippen LogP contribution in [0, 0.1) is 12.3 Å². The first-order chi connectivity index (χ1) is 5.79. The average Bonchev–Trinajstić information content (AvgIpc) is 2.47. The van der Waals surface area contributed by atoms with Crippen LogP contribution in [0.25, 0.3) is 0 Å². The summed E-state index contributed by atoms with van der Waals surface area (Å²) in [4.78, 5) is 0. The van der Waals surface area contributed by atoms with Gasteiger partial charge in [0.05, 0.1) is 6.26 Å². The molecule has 0 amide bonds. The third kappa shape index (κ3) is 1.82. The Morgan fingerprint density at radius 1 is 1.83 bits per heavy atom. The summed E-state index contributed by atoms with van der Waals surface area (Å²) in [5.41, 5.74) is 0.914. The molecule has 0 saturated carbocycles. The largest absolute Gasteiger partial charge is 0.453 e. The van der Waals surface area contributed by atoms with Gasteiger partial charge in [-0.1, -0.05) is 0 Å². The fourth-order valence-electron chi connectivity index (χ4n) is 1.04. The Labute approximate surface area is 76.9 Å². The van der Waals surface area contributed by atoms with Crippen LogP contribution in [-0.2, 0) is 0 Å². The first kappa shape index (κ1) is 9.18. The van der Waals surface area contributed by atoms with E-state index in [2.05, 4.69) is 11.2 Å². The van der Waals surface area contributed by atoms with Gasteiger partial charge in [-0.25, -0.2) is 0 Å². The second-order valence-electron chi connectivity index (χ2n) is 2.40. The van der Waals surface area contributed by atoms with E-state index in [4.69, 9.17) is 22.4 Å². The van der Waals surface area contributed by atoms with Gasteiger partial charge in [-0.3, -0.25) is 0 Å². The van der Waals surface area contributed by atoms with Gasteiger partial charge in [0.15, 0.2) is 5.22 Å². The van der Waals surface area contributed by atoms with Crippen LogP contribution in [0.1, 0.15) is 18.0 Å². The maximum Gasteiger partial charge on any atom is 0.197 e. The number of nitrogens with one attached hydrogen (secondary N) is 1. The van der Waals surface area contributed by atoms with E-state index < -0.39 is 0 Å². The first-order valence-corrected chi connectivity index (χ1v) is 4.01. The summed E-state index contributed by atoms with van der Waals surface area (Å²) >= 11 is 5.77. The summed E-state index contributed by atoms with van der Waals surface area (Å²) < 4.78 is 4.95. The predicted molar refractivity (Wildman–Crippen MR) is 49.0 cm³/mol. The van der Waals surface area contributed by atoms with E-state index in [1.165, 1.54) is 0 Å². The van der Waals surface area contributed by atoms with Crippen molar-refractivity contribution in [3.8, 4) is 12.3 Å². The van der Waals surface area contributed by atoms with Crippen molar-refractivity contribution in [2.75, 3.05) is 7.05 Å². The van der Waals surface area contributed by atoms with Crippen molar-refractivity contribution >= 4 is 11.6 Å². The Balaban J connectivity index is 2.81. The van der Waals surface area contributed by atoms with Gasteiger partial charge >= 0.3 is 0 Å². The minimum atomic E-state index is 0.0845. The second kappa shape index (κ2) is 4.20. The molecule has 1 atom stereocenters. The van der Waals surface area contributed by atoms with E-state index in [9.17, 15) is 0 Å². The minimum Gasteiger partial charge on any atom is -0.453 e.